The Bertz CT molecular complexity index is 3130. The van der Waals surface area contributed by atoms with E-state index in [0.717, 1.165) is 36.4 Å². The average molecular weight is 900 g/mol. The van der Waals surface area contributed by atoms with Crippen molar-refractivity contribution in [3.05, 3.63) is 91.0 Å². The van der Waals surface area contributed by atoms with Gasteiger partial charge in [0.25, 0.3) is 30.4 Å². The minimum Gasteiger partial charge on any atom is -0.507 e. The van der Waals surface area contributed by atoms with E-state index in [1.54, 1.807) is 0 Å². The van der Waals surface area contributed by atoms with Gasteiger partial charge >= 0.3 is 6.03 Å². The lowest BCUT2D eigenvalue weighted by atomic mass is 10.1. The maximum absolute atomic E-state index is 13.1. The van der Waals surface area contributed by atoms with Crippen molar-refractivity contribution in [3.8, 4) is 11.5 Å². The lowest BCUT2D eigenvalue weighted by Gasteiger charge is -2.13. The summed E-state index contributed by atoms with van der Waals surface area (Å²) in [5, 5.41) is 55.3. The summed E-state index contributed by atoms with van der Waals surface area (Å²) in [4.78, 5) is 14.7. The molecule has 6 aromatic rings. The van der Waals surface area contributed by atoms with E-state index >= 15 is 0 Å². The van der Waals surface area contributed by atoms with E-state index < -0.39 is 68.2 Å². The number of aromatic hydroxyl groups is 2. The van der Waals surface area contributed by atoms with Gasteiger partial charge in [-0.3, -0.25) is 18.7 Å². The second-order valence-electron chi connectivity index (χ2n) is 11.9. The van der Waals surface area contributed by atoms with Gasteiger partial charge in [-0.05, 0) is 103 Å². The Labute approximate surface area is 341 Å². The molecule has 26 heteroatoms. The van der Waals surface area contributed by atoms with E-state index in [0.29, 0.717) is 12.0 Å². The van der Waals surface area contributed by atoms with Crippen LogP contribution in [0.5, 0.6) is 11.5 Å². The molecule has 0 spiro atoms. The number of hydrogen-bond donors (Lipinski definition) is 8. The van der Waals surface area contributed by atoms with E-state index in [2.05, 4.69) is 52.2 Å². The number of phenols is 2. The van der Waals surface area contributed by atoms with Gasteiger partial charge in [-0.15, -0.1) is 14.6 Å². The van der Waals surface area contributed by atoms with Gasteiger partial charge in [0.05, 0.1) is 33.2 Å². The van der Waals surface area contributed by atoms with Gasteiger partial charge in [0, 0.05) is 27.5 Å². The van der Waals surface area contributed by atoms with E-state index in [4.69, 9.17) is 9.81 Å². The SMILES string of the molecule is C=Nc1c(S(=O)(=O)O)cc2cc(NC(=O)Nc3ccc4c(O)cc(SOOO)c(N=Nc5ccc(N=Nc6ccc(S(=O)(=O)O)cc6)cc5S(=O)(=O)O)c4c3)ccc2c1O. The Hall–Kier alpha value is -6.46. The van der Waals surface area contributed by atoms with Gasteiger partial charge in [-0.25, -0.2) is 10.1 Å². The Morgan fingerprint density at radius 3 is 1.87 bits per heavy atom. The van der Waals surface area contributed by atoms with Crippen LogP contribution < -0.4 is 10.6 Å². The molecule has 0 aliphatic heterocycles. The number of amides is 2. The van der Waals surface area contributed by atoms with Gasteiger partial charge in [-0.1, -0.05) is 5.04 Å². The number of phenolic OH excluding ortho intramolecular Hbond substituents is 2. The second kappa shape index (κ2) is 17.0. The maximum Gasteiger partial charge on any atom is 0.323 e. The fraction of sp³-hybridized carbons (Fsp3) is 0. The molecule has 0 fully saturated rings. The molecular weight excluding hydrogens is 875 g/mol. The van der Waals surface area contributed by atoms with Crippen molar-refractivity contribution in [1.82, 2.24) is 0 Å². The molecule has 0 bridgehead atoms. The Morgan fingerprint density at radius 2 is 1.25 bits per heavy atom. The number of hydrogen-bond acceptors (Lipinski definition) is 18. The summed E-state index contributed by atoms with van der Waals surface area (Å²) in [6, 6.07) is 17.4. The fourth-order valence-corrected chi connectivity index (χ4v) is 7.79. The van der Waals surface area contributed by atoms with Crippen LogP contribution in [0.4, 0.5) is 44.6 Å². The monoisotopic (exact) mass is 899 g/mol. The predicted octanol–water partition coefficient (Wildman–Crippen LogP) is 8.38. The molecule has 0 radical (unpaired) electrons. The number of azo groups is 2. The normalized spacial score (nSPS) is 12.4. The molecule has 0 aliphatic carbocycles. The highest BCUT2D eigenvalue weighted by Crippen LogP contribution is 2.44. The van der Waals surface area contributed by atoms with Crippen molar-refractivity contribution in [2.75, 3.05) is 10.6 Å². The number of fused-ring (bicyclic) bond motifs is 2. The molecule has 0 heterocycles. The van der Waals surface area contributed by atoms with Crippen LogP contribution in [0.3, 0.4) is 0 Å². The number of rotatable bonds is 13. The number of anilines is 2. The summed E-state index contributed by atoms with van der Waals surface area (Å²) >= 11 is 0.350. The Kier molecular flexibility index (Phi) is 12.2. The topological polar surface area (TPSA) is 345 Å². The van der Waals surface area contributed by atoms with Crippen LogP contribution in [-0.4, -0.2) is 67.1 Å². The van der Waals surface area contributed by atoms with Crippen molar-refractivity contribution in [1.29, 1.82) is 0 Å². The Morgan fingerprint density at radius 1 is 0.633 bits per heavy atom. The van der Waals surface area contributed by atoms with Crippen LogP contribution in [0.1, 0.15) is 0 Å². The lowest BCUT2D eigenvalue weighted by molar-refractivity contribution is -0.432. The first-order chi connectivity index (χ1) is 28.3. The standard InChI is InChI=1S/C34H25N7O15S4/c1-35-32-30(60(52,53)54)13-17-12-19(4-9-23(17)33(32)43)36-34(44)37-20-5-10-24-25(14-20)31(28(16-27(24)42)57-56-55-45)41-40-26-11-6-21(15-29(26)59(49,50)51)39-38-18-2-7-22(8-3-18)58(46,47)48/h2-16,42-43,45H,1H2,(H2,36,37,44)(H,46,47,48)(H,49,50,51)(H,52,53,54). The molecule has 22 nitrogen and oxygen atoms in total. The largest absolute Gasteiger partial charge is 0.507 e. The van der Waals surface area contributed by atoms with Gasteiger partial charge in [0.15, 0.2) is 0 Å². The summed E-state index contributed by atoms with van der Waals surface area (Å²) in [6.07, 6.45) is 0. The number of benzene rings is 6. The molecule has 0 aromatic heterocycles. The molecule has 310 valence electrons. The molecule has 6 aromatic carbocycles. The minimum absolute atomic E-state index is 0.0586. The van der Waals surface area contributed by atoms with Crippen molar-refractivity contribution in [2.24, 2.45) is 25.4 Å². The van der Waals surface area contributed by atoms with Crippen molar-refractivity contribution >= 4 is 117 Å². The zero-order chi connectivity index (χ0) is 43.6. The predicted molar refractivity (Wildman–Crippen MR) is 214 cm³/mol. The van der Waals surface area contributed by atoms with Crippen molar-refractivity contribution in [3.63, 3.8) is 0 Å². The van der Waals surface area contributed by atoms with Crippen LogP contribution in [0.15, 0.2) is 136 Å². The first-order valence-corrected chi connectivity index (χ1v) is 21.1. The molecular formula is C34H25N7O15S4. The zero-order valence-electron chi connectivity index (χ0n) is 29.6. The summed E-state index contributed by atoms with van der Waals surface area (Å²) in [7, 11) is -14.3. The molecule has 0 atom stereocenters. The van der Waals surface area contributed by atoms with E-state index in [9.17, 15) is 49.4 Å². The van der Waals surface area contributed by atoms with Crippen LogP contribution >= 0.6 is 12.0 Å². The number of nitrogens with one attached hydrogen (secondary N) is 2. The number of urea groups is 1. The Balaban J connectivity index is 1.32. The summed E-state index contributed by atoms with van der Waals surface area (Å²) < 4.78 is 105. The number of carbonyl (C=O) groups excluding carboxylic acids is 1. The minimum atomic E-state index is -5.00. The first kappa shape index (κ1) is 43.1. The van der Waals surface area contributed by atoms with Crippen LogP contribution in [0.2, 0.25) is 0 Å². The number of nitrogens with zero attached hydrogens (tertiary/aromatic N) is 5. The molecule has 8 N–H and O–H groups in total. The molecule has 0 saturated heterocycles. The van der Waals surface area contributed by atoms with Crippen molar-refractivity contribution < 1.29 is 68.5 Å². The fourth-order valence-electron chi connectivity index (χ4n) is 5.49. The maximum atomic E-state index is 13.1. The molecule has 0 aliphatic rings. The molecule has 0 unspecified atom stereocenters. The molecule has 60 heavy (non-hydrogen) atoms. The quantitative estimate of drug-likeness (QED) is 0.0135. The number of aliphatic imine (C=N–C) groups is 1. The van der Waals surface area contributed by atoms with E-state index in [1.807, 2.05) is 0 Å². The number of carbonyl (C=O) groups is 1. The van der Waals surface area contributed by atoms with E-state index in [-0.39, 0.29) is 60.6 Å². The van der Waals surface area contributed by atoms with E-state index in [1.165, 1.54) is 54.6 Å². The van der Waals surface area contributed by atoms with Gasteiger partial charge in [0.1, 0.15) is 38.4 Å². The van der Waals surface area contributed by atoms with Gasteiger partial charge in [-0.2, -0.15) is 35.5 Å². The lowest BCUT2D eigenvalue weighted by Crippen LogP contribution is -2.19. The molecule has 0 saturated carbocycles. The zero-order valence-corrected chi connectivity index (χ0v) is 32.9. The highest BCUT2D eigenvalue weighted by molar-refractivity contribution is 7.94. The van der Waals surface area contributed by atoms with Gasteiger partial charge in [0.2, 0.25) is 0 Å². The van der Waals surface area contributed by atoms with Crippen LogP contribution in [-0.2, 0) is 39.7 Å². The third-order valence-electron chi connectivity index (χ3n) is 8.10. The van der Waals surface area contributed by atoms with Crippen LogP contribution in [0.25, 0.3) is 21.5 Å². The van der Waals surface area contributed by atoms with Crippen LogP contribution in [0, 0.1) is 0 Å². The summed E-state index contributed by atoms with van der Waals surface area (Å²) in [5.41, 5.74) is -0.788. The van der Waals surface area contributed by atoms with Gasteiger partial charge < -0.3 is 20.8 Å². The smallest absolute Gasteiger partial charge is 0.323 e. The molecule has 6 rings (SSSR count). The third-order valence-corrected chi connectivity index (χ3v) is 11.3. The summed E-state index contributed by atoms with van der Waals surface area (Å²) in [6.45, 7) is 3.22. The average Bonchev–Trinajstić information content (AvgIpc) is 3.18. The summed E-state index contributed by atoms with van der Waals surface area (Å²) in [5.74, 6) is -0.921. The molecule has 2 amide bonds. The highest BCUT2D eigenvalue weighted by atomic mass is 32.2. The second-order valence-corrected chi connectivity index (χ2v) is 16.9. The third kappa shape index (κ3) is 9.69. The van der Waals surface area contributed by atoms with Crippen molar-refractivity contribution in [2.45, 2.75) is 19.6 Å². The highest BCUT2D eigenvalue weighted by Gasteiger charge is 2.22. The first-order valence-electron chi connectivity index (χ1n) is 16.1.